The van der Waals surface area contributed by atoms with E-state index in [9.17, 15) is 17.2 Å². The Hall–Kier alpha value is -2.48. The number of sulfone groups is 1. The Morgan fingerprint density at radius 3 is 2.31 bits per heavy atom. The molecule has 8 heteroatoms. The Labute approximate surface area is 150 Å². The van der Waals surface area contributed by atoms with E-state index in [1.165, 1.54) is 44.2 Å². The van der Waals surface area contributed by atoms with E-state index in [0.29, 0.717) is 5.69 Å². The fraction of sp³-hybridized carbons (Fsp3) is 0.278. The third-order valence-electron chi connectivity index (χ3n) is 4.96. The van der Waals surface area contributed by atoms with Gasteiger partial charge in [-0.25, -0.2) is 17.2 Å². The van der Waals surface area contributed by atoms with Crippen LogP contribution < -0.4 is 11.1 Å². The van der Waals surface area contributed by atoms with Crippen LogP contribution in [0.1, 0.15) is 25.0 Å². The summed E-state index contributed by atoms with van der Waals surface area (Å²) in [6.07, 6.45) is 0. The topological polar surface area (TPSA) is 96.0 Å². The fourth-order valence-electron chi connectivity index (χ4n) is 3.31. The molecule has 0 spiro atoms. The Balaban J connectivity index is 2.12. The first kappa shape index (κ1) is 18.3. The molecule has 1 aliphatic rings. The lowest BCUT2D eigenvalue weighted by Gasteiger charge is -2.45. The summed E-state index contributed by atoms with van der Waals surface area (Å²) in [4.78, 5) is 0. The van der Waals surface area contributed by atoms with Crippen molar-refractivity contribution in [2.75, 3.05) is 11.5 Å². The van der Waals surface area contributed by atoms with Crippen LogP contribution in [0.2, 0.25) is 0 Å². The summed E-state index contributed by atoms with van der Waals surface area (Å²) in [7, 11) is -3.94. The molecular weight excluding hydrogens is 360 g/mol. The molecule has 2 atom stereocenters. The van der Waals surface area contributed by atoms with Gasteiger partial charge in [0.1, 0.15) is 17.5 Å². The zero-order valence-electron chi connectivity index (χ0n) is 14.3. The van der Waals surface area contributed by atoms with Gasteiger partial charge in [-0.15, -0.1) is 0 Å². The van der Waals surface area contributed by atoms with E-state index in [-0.39, 0.29) is 17.0 Å². The number of hydrogen-bond acceptors (Lipinski definition) is 4. The minimum absolute atomic E-state index is 0.0759. The molecule has 2 aromatic rings. The molecule has 0 radical (unpaired) electrons. The number of nitrogens with one attached hydrogen (secondary N) is 2. The zero-order valence-corrected chi connectivity index (χ0v) is 15.1. The number of halogens is 2. The first-order chi connectivity index (χ1) is 12.0. The molecule has 0 aromatic heterocycles. The van der Waals surface area contributed by atoms with Crippen LogP contribution in [0.25, 0.3) is 0 Å². The normalized spacial score (nSPS) is 27.8. The molecule has 1 heterocycles. The quantitative estimate of drug-likeness (QED) is 0.699. The second-order valence-corrected chi connectivity index (χ2v) is 9.21. The van der Waals surface area contributed by atoms with Gasteiger partial charge in [0.2, 0.25) is 0 Å². The molecular formula is C18H19F2N3O2S. The molecule has 4 N–H and O–H groups in total. The maximum atomic E-state index is 14.3. The van der Waals surface area contributed by atoms with Gasteiger partial charge in [0.05, 0.1) is 11.3 Å². The molecule has 0 bridgehead atoms. The molecule has 1 saturated heterocycles. The second-order valence-electron chi connectivity index (χ2n) is 6.87. The average molecular weight is 379 g/mol. The average Bonchev–Trinajstić information content (AvgIpc) is 2.55. The van der Waals surface area contributed by atoms with Gasteiger partial charge in [-0.05, 0) is 49.7 Å². The van der Waals surface area contributed by atoms with Crippen LogP contribution in [0.5, 0.6) is 0 Å². The van der Waals surface area contributed by atoms with Crippen LogP contribution in [0.15, 0.2) is 42.5 Å². The van der Waals surface area contributed by atoms with E-state index >= 15 is 0 Å². The molecule has 1 aliphatic heterocycles. The minimum atomic E-state index is -3.94. The van der Waals surface area contributed by atoms with Gasteiger partial charge < -0.3 is 11.1 Å². The third-order valence-corrected chi connectivity index (χ3v) is 7.60. The predicted molar refractivity (Wildman–Crippen MR) is 96.6 cm³/mol. The highest BCUT2D eigenvalue weighted by Crippen LogP contribution is 2.41. The summed E-state index contributed by atoms with van der Waals surface area (Å²) in [5, 5.41) is 11.2. The highest BCUT2D eigenvalue weighted by atomic mass is 32.2. The molecule has 0 unspecified atom stereocenters. The van der Waals surface area contributed by atoms with Crippen molar-refractivity contribution in [1.82, 2.24) is 5.32 Å². The molecule has 138 valence electrons. The molecule has 3 rings (SSSR count). The van der Waals surface area contributed by atoms with E-state index in [1.807, 2.05) is 0 Å². The van der Waals surface area contributed by atoms with Crippen molar-refractivity contribution in [3.63, 3.8) is 0 Å². The lowest BCUT2D eigenvalue weighted by Crippen LogP contribution is -2.63. The Morgan fingerprint density at radius 2 is 1.73 bits per heavy atom. The molecule has 0 amide bonds. The van der Waals surface area contributed by atoms with Crippen molar-refractivity contribution >= 4 is 21.4 Å². The van der Waals surface area contributed by atoms with Gasteiger partial charge in [0.15, 0.2) is 14.6 Å². The Bertz CT molecular complexity index is 992. The summed E-state index contributed by atoms with van der Waals surface area (Å²) >= 11 is 0. The van der Waals surface area contributed by atoms with E-state index in [0.717, 1.165) is 12.1 Å². The van der Waals surface area contributed by atoms with Crippen molar-refractivity contribution in [3.8, 4) is 0 Å². The van der Waals surface area contributed by atoms with E-state index < -0.39 is 37.5 Å². The van der Waals surface area contributed by atoms with Crippen molar-refractivity contribution < 1.29 is 17.2 Å². The maximum Gasteiger partial charge on any atom is 0.169 e. The van der Waals surface area contributed by atoms with Gasteiger partial charge in [-0.3, -0.25) is 5.41 Å². The van der Waals surface area contributed by atoms with Gasteiger partial charge in [0, 0.05) is 11.3 Å². The Kier molecular flexibility index (Phi) is 4.06. The molecule has 1 fully saturated rings. The number of anilines is 1. The van der Waals surface area contributed by atoms with Crippen LogP contribution in [-0.2, 0) is 20.1 Å². The summed E-state index contributed by atoms with van der Waals surface area (Å²) in [6.45, 7) is 2.90. The predicted octanol–water partition coefficient (Wildman–Crippen LogP) is 2.67. The smallest absolute Gasteiger partial charge is 0.169 e. The van der Waals surface area contributed by atoms with Crippen molar-refractivity contribution in [1.29, 1.82) is 5.41 Å². The first-order valence-corrected chi connectivity index (χ1v) is 9.56. The molecule has 0 saturated carbocycles. The van der Waals surface area contributed by atoms with Crippen LogP contribution >= 0.6 is 0 Å². The molecule has 26 heavy (non-hydrogen) atoms. The van der Waals surface area contributed by atoms with Gasteiger partial charge in [0.25, 0.3) is 0 Å². The summed E-state index contributed by atoms with van der Waals surface area (Å²) in [5.41, 5.74) is 5.01. The lowest BCUT2D eigenvalue weighted by atomic mass is 9.90. The monoisotopic (exact) mass is 379 g/mol. The maximum absolute atomic E-state index is 14.3. The zero-order chi connectivity index (χ0) is 19.3. The number of amidine groups is 1. The highest BCUT2D eigenvalue weighted by Gasteiger charge is 2.54. The van der Waals surface area contributed by atoms with Gasteiger partial charge in [-0.1, -0.05) is 12.1 Å². The standard InChI is InChI=1S/C18H19F2N3O2S/c1-17(14-9-13(21)7-8-15(14)20)10-26(24,25)18(2,16(22)23-17)11-3-5-12(19)6-4-11/h3-9H,10,21H2,1-2H3,(H2,22,23)/t17-,18-/m0/s1. The summed E-state index contributed by atoms with van der Waals surface area (Å²) in [5.74, 6) is -1.87. The highest BCUT2D eigenvalue weighted by molar-refractivity contribution is 7.93. The Morgan fingerprint density at radius 1 is 1.12 bits per heavy atom. The number of benzene rings is 2. The van der Waals surface area contributed by atoms with Crippen LogP contribution in [0.4, 0.5) is 14.5 Å². The van der Waals surface area contributed by atoms with Crippen LogP contribution in [0.3, 0.4) is 0 Å². The lowest BCUT2D eigenvalue weighted by molar-refractivity contribution is 0.420. The van der Waals surface area contributed by atoms with Crippen LogP contribution in [-0.4, -0.2) is 20.0 Å². The third kappa shape index (κ3) is 2.65. The molecule has 5 nitrogen and oxygen atoms in total. The van der Waals surface area contributed by atoms with Gasteiger partial charge in [-0.2, -0.15) is 0 Å². The van der Waals surface area contributed by atoms with Crippen LogP contribution in [0, 0.1) is 17.0 Å². The number of hydrogen-bond donors (Lipinski definition) is 3. The van der Waals surface area contributed by atoms with Crippen molar-refractivity contribution in [2.45, 2.75) is 24.1 Å². The van der Waals surface area contributed by atoms with E-state index in [2.05, 4.69) is 5.32 Å². The van der Waals surface area contributed by atoms with Gasteiger partial charge >= 0.3 is 0 Å². The first-order valence-electron chi connectivity index (χ1n) is 7.91. The van der Waals surface area contributed by atoms with Crippen molar-refractivity contribution in [3.05, 3.63) is 65.2 Å². The largest absolute Gasteiger partial charge is 0.399 e. The SMILES string of the molecule is C[C@@]1(c2cc(N)ccc2F)CS(=O)(=O)[C@@](C)(c2ccc(F)cc2)C(=N)N1. The number of nitrogen functional groups attached to an aromatic ring is 1. The second kappa shape index (κ2) is 5.77. The summed E-state index contributed by atoms with van der Waals surface area (Å²) in [6, 6.07) is 8.89. The summed E-state index contributed by atoms with van der Waals surface area (Å²) < 4.78 is 52.2. The van der Waals surface area contributed by atoms with E-state index in [4.69, 9.17) is 11.1 Å². The van der Waals surface area contributed by atoms with Crippen molar-refractivity contribution in [2.24, 2.45) is 0 Å². The van der Waals surface area contributed by atoms with E-state index in [1.54, 1.807) is 0 Å². The molecule has 2 aromatic carbocycles. The minimum Gasteiger partial charge on any atom is -0.399 e. The molecule has 0 aliphatic carbocycles. The number of nitrogens with two attached hydrogens (primary N) is 1. The fourth-order valence-corrected chi connectivity index (χ4v) is 5.45. The number of rotatable bonds is 2.